The quantitative estimate of drug-likeness (QED) is 0.568. The van der Waals surface area contributed by atoms with Crippen molar-refractivity contribution in [1.29, 1.82) is 0 Å². The molecule has 0 amide bonds. The van der Waals surface area contributed by atoms with Crippen molar-refractivity contribution in [3.63, 3.8) is 0 Å². The van der Waals surface area contributed by atoms with Gasteiger partial charge in [-0.15, -0.1) is 10.2 Å². The van der Waals surface area contributed by atoms with Crippen LogP contribution in [0.25, 0.3) is 27.9 Å². The third-order valence-electron chi connectivity index (χ3n) is 3.76. The lowest BCUT2D eigenvalue weighted by molar-refractivity contribution is 0.415. The molecule has 4 aromatic rings. The average molecular weight is 290 g/mol. The fourth-order valence-corrected chi connectivity index (χ4v) is 2.68. The van der Waals surface area contributed by atoms with Crippen molar-refractivity contribution in [2.24, 2.45) is 0 Å². The Balaban J connectivity index is 2.01. The van der Waals surface area contributed by atoms with Crippen molar-refractivity contribution in [1.82, 2.24) is 19.6 Å². The van der Waals surface area contributed by atoms with Crippen LogP contribution in [0.2, 0.25) is 0 Å². The van der Waals surface area contributed by atoms with Crippen molar-refractivity contribution in [3.05, 3.63) is 54.4 Å². The molecule has 0 aliphatic rings. The monoisotopic (exact) mass is 290 g/mol. The Morgan fingerprint density at radius 2 is 1.73 bits per heavy atom. The highest BCUT2D eigenvalue weighted by molar-refractivity contribution is 5.92. The largest absolute Gasteiger partial charge is 0.497 e. The number of ether oxygens (including phenoxy) is 1. The summed E-state index contributed by atoms with van der Waals surface area (Å²) >= 11 is 0. The van der Waals surface area contributed by atoms with Crippen molar-refractivity contribution in [3.8, 4) is 17.1 Å². The van der Waals surface area contributed by atoms with Crippen LogP contribution in [-0.2, 0) is 0 Å². The molecule has 0 radical (unpaired) electrons. The van der Waals surface area contributed by atoms with Gasteiger partial charge < -0.3 is 4.74 Å². The molecule has 0 N–H and O–H groups in total. The fraction of sp³-hybridized carbons (Fsp3) is 0.118. The lowest BCUT2D eigenvalue weighted by atomic mass is 10.2. The number of methoxy groups -OCH3 is 1. The summed E-state index contributed by atoms with van der Waals surface area (Å²) in [4.78, 5) is 4.65. The van der Waals surface area contributed by atoms with Gasteiger partial charge in [-0.1, -0.05) is 12.1 Å². The van der Waals surface area contributed by atoms with Gasteiger partial charge in [0.2, 0.25) is 0 Å². The molecule has 0 bridgehead atoms. The standard InChI is InChI=1S/C17H14N4O/c1-11-18-15-6-4-3-5-14(15)17-20-19-16(21(11)17)12-7-9-13(22-2)10-8-12/h3-10H,1-2H3. The first kappa shape index (κ1) is 12.8. The molecule has 0 saturated carbocycles. The Kier molecular flexibility index (Phi) is 2.79. The molecule has 22 heavy (non-hydrogen) atoms. The number of hydrogen-bond donors (Lipinski definition) is 0. The van der Waals surface area contributed by atoms with E-state index in [0.717, 1.165) is 39.5 Å². The van der Waals surface area contributed by atoms with Gasteiger partial charge in [0.25, 0.3) is 0 Å². The maximum Gasteiger partial charge on any atom is 0.171 e. The number of nitrogens with zero attached hydrogens (tertiary/aromatic N) is 4. The summed E-state index contributed by atoms with van der Waals surface area (Å²) in [6.07, 6.45) is 0. The number of aryl methyl sites for hydroxylation is 1. The van der Waals surface area contributed by atoms with Crippen molar-refractivity contribution in [2.75, 3.05) is 7.11 Å². The Morgan fingerprint density at radius 3 is 2.50 bits per heavy atom. The summed E-state index contributed by atoms with van der Waals surface area (Å²) in [5, 5.41) is 9.73. The van der Waals surface area contributed by atoms with Gasteiger partial charge in [-0.3, -0.25) is 4.40 Å². The van der Waals surface area contributed by atoms with Crippen LogP contribution < -0.4 is 4.74 Å². The zero-order chi connectivity index (χ0) is 15.1. The molecule has 2 aromatic carbocycles. The molecular weight excluding hydrogens is 276 g/mol. The molecule has 0 atom stereocenters. The van der Waals surface area contributed by atoms with Crippen molar-refractivity contribution < 1.29 is 4.74 Å². The maximum atomic E-state index is 5.20. The number of para-hydroxylation sites is 1. The van der Waals surface area contributed by atoms with E-state index >= 15 is 0 Å². The minimum Gasteiger partial charge on any atom is -0.497 e. The van der Waals surface area contributed by atoms with E-state index in [9.17, 15) is 0 Å². The topological polar surface area (TPSA) is 52.3 Å². The van der Waals surface area contributed by atoms with Gasteiger partial charge in [0.1, 0.15) is 11.6 Å². The number of rotatable bonds is 2. The van der Waals surface area contributed by atoms with E-state index in [-0.39, 0.29) is 0 Å². The predicted octanol–water partition coefficient (Wildman–Crippen LogP) is 3.26. The summed E-state index contributed by atoms with van der Waals surface area (Å²) in [5.74, 6) is 2.47. The van der Waals surface area contributed by atoms with E-state index in [0.29, 0.717) is 0 Å². The van der Waals surface area contributed by atoms with Crippen molar-refractivity contribution in [2.45, 2.75) is 6.92 Å². The van der Waals surface area contributed by atoms with Crippen LogP contribution in [-0.4, -0.2) is 26.7 Å². The Morgan fingerprint density at radius 1 is 0.955 bits per heavy atom. The molecule has 108 valence electrons. The van der Waals surface area contributed by atoms with E-state index in [1.165, 1.54) is 0 Å². The van der Waals surface area contributed by atoms with Crippen LogP contribution in [0.3, 0.4) is 0 Å². The third-order valence-corrected chi connectivity index (χ3v) is 3.76. The summed E-state index contributed by atoms with van der Waals surface area (Å²) < 4.78 is 7.19. The zero-order valence-corrected chi connectivity index (χ0v) is 12.3. The second-order valence-corrected chi connectivity index (χ2v) is 5.09. The number of aromatic nitrogens is 4. The molecule has 4 rings (SSSR count). The smallest absolute Gasteiger partial charge is 0.171 e. The van der Waals surface area contributed by atoms with Gasteiger partial charge in [-0.25, -0.2) is 4.98 Å². The van der Waals surface area contributed by atoms with Crippen LogP contribution in [0.1, 0.15) is 5.82 Å². The van der Waals surface area contributed by atoms with E-state index in [1.807, 2.05) is 59.9 Å². The second-order valence-electron chi connectivity index (χ2n) is 5.09. The Bertz CT molecular complexity index is 973. The van der Waals surface area contributed by atoms with E-state index in [2.05, 4.69) is 15.2 Å². The van der Waals surface area contributed by atoms with Crippen LogP contribution in [0.4, 0.5) is 0 Å². The number of fused-ring (bicyclic) bond motifs is 3. The average Bonchev–Trinajstić information content (AvgIpc) is 3.01. The van der Waals surface area contributed by atoms with Crippen LogP contribution in [0.5, 0.6) is 5.75 Å². The van der Waals surface area contributed by atoms with Crippen LogP contribution in [0, 0.1) is 6.92 Å². The van der Waals surface area contributed by atoms with E-state index in [1.54, 1.807) is 7.11 Å². The van der Waals surface area contributed by atoms with E-state index < -0.39 is 0 Å². The minimum absolute atomic E-state index is 0.786. The molecule has 0 fully saturated rings. The van der Waals surface area contributed by atoms with Gasteiger partial charge in [0.15, 0.2) is 11.5 Å². The molecule has 2 aromatic heterocycles. The molecule has 0 saturated heterocycles. The summed E-state index contributed by atoms with van der Waals surface area (Å²) in [6, 6.07) is 15.8. The van der Waals surface area contributed by atoms with Gasteiger partial charge in [-0.05, 0) is 43.3 Å². The highest BCUT2D eigenvalue weighted by atomic mass is 16.5. The first-order valence-corrected chi connectivity index (χ1v) is 7.03. The zero-order valence-electron chi connectivity index (χ0n) is 12.3. The Hall–Kier alpha value is -2.95. The van der Waals surface area contributed by atoms with Gasteiger partial charge in [-0.2, -0.15) is 0 Å². The molecule has 0 unspecified atom stereocenters. The summed E-state index contributed by atoms with van der Waals surface area (Å²) in [6.45, 7) is 1.97. The van der Waals surface area contributed by atoms with Gasteiger partial charge in [0, 0.05) is 10.9 Å². The molecule has 0 spiro atoms. The SMILES string of the molecule is COc1ccc(-c2nnc3c4ccccc4nc(C)n23)cc1. The van der Waals surface area contributed by atoms with Gasteiger partial charge in [0.05, 0.1) is 12.6 Å². The highest BCUT2D eigenvalue weighted by Gasteiger charge is 2.13. The summed E-state index contributed by atoms with van der Waals surface area (Å²) in [5.41, 5.74) is 2.74. The van der Waals surface area contributed by atoms with Crippen molar-refractivity contribution >= 4 is 16.6 Å². The third kappa shape index (κ3) is 1.83. The summed E-state index contributed by atoms with van der Waals surface area (Å²) in [7, 11) is 1.65. The Labute approximate surface area is 127 Å². The molecule has 0 aliphatic carbocycles. The highest BCUT2D eigenvalue weighted by Crippen LogP contribution is 2.25. The lowest BCUT2D eigenvalue weighted by Gasteiger charge is -2.06. The number of hydrogen-bond acceptors (Lipinski definition) is 4. The van der Waals surface area contributed by atoms with E-state index in [4.69, 9.17) is 4.74 Å². The lowest BCUT2D eigenvalue weighted by Crippen LogP contribution is -1.99. The second kappa shape index (κ2) is 4.80. The predicted molar refractivity (Wildman–Crippen MR) is 85.0 cm³/mol. The molecule has 2 heterocycles. The fourth-order valence-electron chi connectivity index (χ4n) is 2.68. The molecular formula is C17H14N4O. The van der Waals surface area contributed by atoms with Crippen LogP contribution in [0.15, 0.2) is 48.5 Å². The normalized spacial score (nSPS) is 11.2. The first-order valence-electron chi connectivity index (χ1n) is 7.03. The first-order chi connectivity index (χ1) is 10.8. The number of benzene rings is 2. The minimum atomic E-state index is 0.786. The van der Waals surface area contributed by atoms with Crippen LogP contribution >= 0.6 is 0 Å². The van der Waals surface area contributed by atoms with Gasteiger partial charge >= 0.3 is 0 Å². The molecule has 0 aliphatic heterocycles. The molecule has 5 nitrogen and oxygen atoms in total. The molecule has 5 heteroatoms. The maximum absolute atomic E-state index is 5.20.